The van der Waals surface area contributed by atoms with E-state index >= 15 is 0 Å². The molecule has 0 amide bonds. The number of hydrogen-bond donors (Lipinski definition) is 0. The first kappa shape index (κ1) is 10.6. The summed E-state index contributed by atoms with van der Waals surface area (Å²) in [6.45, 7) is 0. The van der Waals surface area contributed by atoms with E-state index in [2.05, 4.69) is 9.78 Å². The molecule has 0 aromatic carbocycles. The predicted molar refractivity (Wildman–Crippen MR) is 39.4 cm³/mol. The second-order valence-corrected chi connectivity index (χ2v) is 1.85. The molecule has 0 N–H and O–H groups in total. The maximum Gasteiger partial charge on any atom is 0.299 e. The van der Waals surface area contributed by atoms with Crippen LogP contribution in [0.3, 0.4) is 0 Å². The van der Waals surface area contributed by atoms with E-state index in [-0.39, 0.29) is 0 Å². The van der Waals surface area contributed by atoms with Gasteiger partial charge in [-0.15, -0.1) is 0 Å². The van der Waals surface area contributed by atoms with E-state index in [4.69, 9.17) is 23.2 Å². The Morgan fingerprint density at radius 1 is 0.917 bits per heavy atom. The quantitative estimate of drug-likeness (QED) is 0.205. The van der Waals surface area contributed by atoms with Gasteiger partial charge in [0, 0.05) is 11.8 Å². The molecule has 0 aliphatic heterocycles. The molecule has 0 fully saturated rings. The van der Waals surface area contributed by atoms with Crippen LogP contribution < -0.4 is 0 Å². The molecule has 6 heteroatoms. The van der Waals surface area contributed by atoms with Crippen LogP contribution in [-0.4, -0.2) is 10.5 Å². The molecule has 0 aromatic heterocycles. The van der Waals surface area contributed by atoms with Crippen LogP contribution in [-0.2, 0) is 19.4 Å². The van der Waals surface area contributed by atoms with Crippen molar-refractivity contribution in [3.63, 3.8) is 0 Å². The summed E-state index contributed by atoms with van der Waals surface area (Å²) in [5.74, 6) is 3.55. The highest BCUT2D eigenvalue weighted by atomic mass is 35.5. The summed E-state index contributed by atoms with van der Waals surface area (Å²) in [7, 11) is 0. The molecule has 0 saturated carbocycles. The maximum atomic E-state index is 9.93. The second kappa shape index (κ2) is 6.36. The van der Waals surface area contributed by atoms with E-state index in [0.29, 0.717) is 0 Å². The first-order valence-corrected chi connectivity index (χ1v) is 3.12. The zero-order chi connectivity index (χ0) is 9.40. The normalized spacial score (nSPS) is 6.50. The van der Waals surface area contributed by atoms with Gasteiger partial charge < -0.3 is 0 Å². The van der Waals surface area contributed by atoms with E-state index in [1.807, 2.05) is 0 Å². The summed E-state index contributed by atoms with van der Waals surface area (Å²) >= 11 is 9.56. The number of rotatable bonds is 1. The topological polar surface area (TPSA) is 52.6 Å². The van der Waals surface area contributed by atoms with Gasteiger partial charge in [-0.25, -0.2) is 9.78 Å². The van der Waals surface area contributed by atoms with Gasteiger partial charge in [0.15, 0.2) is 12.2 Å². The average molecular weight is 207 g/mol. The minimum Gasteiger partial charge on any atom is -0.266 e. The summed E-state index contributed by atoms with van der Waals surface area (Å²) in [5.41, 5.74) is 0. The molecule has 0 aliphatic rings. The Morgan fingerprint density at radius 2 is 1.25 bits per heavy atom. The average Bonchev–Trinajstić information content (AvgIpc) is 1.95. The van der Waals surface area contributed by atoms with Gasteiger partial charge in [0.25, 0.3) is 10.5 Å². The zero-order valence-corrected chi connectivity index (χ0v) is 6.90. The summed E-state index contributed by atoms with van der Waals surface area (Å²) in [6, 6.07) is 0. The minimum absolute atomic E-state index is 0.903. The van der Waals surface area contributed by atoms with Crippen LogP contribution in [0.15, 0.2) is 0 Å². The van der Waals surface area contributed by atoms with Crippen LogP contribution in [0.4, 0.5) is 0 Å². The van der Waals surface area contributed by atoms with Crippen molar-refractivity contribution >= 4 is 33.7 Å². The molecule has 0 radical (unpaired) electrons. The van der Waals surface area contributed by atoms with Crippen molar-refractivity contribution < 1.29 is 19.4 Å². The van der Waals surface area contributed by atoms with Crippen LogP contribution in [0.25, 0.3) is 0 Å². The van der Waals surface area contributed by atoms with Crippen molar-refractivity contribution in [3.05, 3.63) is 0 Å². The van der Waals surface area contributed by atoms with Gasteiger partial charge in [0.2, 0.25) is 0 Å². The lowest BCUT2D eigenvalue weighted by molar-refractivity contribution is -0.167. The van der Waals surface area contributed by atoms with Crippen molar-refractivity contribution in [1.82, 2.24) is 0 Å². The monoisotopic (exact) mass is 206 g/mol. The van der Waals surface area contributed by atoms with Crippen LogP contribution in [0.2, 0.25) is 0 Å². The fraction of sp³-hybridized carbons (Fsp3) is 0. The molecular weight excluding hydrogens is 207 g/mol. The highest BCUT2D eigenvalue weighted by Gasteiger charge is 1.84. The number of hydrogen-bond acceptors (Lipinski definition) is 4. The molecule has 62 valence electrons. The SMILES string of the molecule is O=C(Cl)C#COOC#CC(=O)Cl. The van der Waals surface area contributed by atoms with Gasteiger partial charge in [-0.05, 0) is 23.2 Å². The molecule has 4 nitrogen and oxygen atoms in total. The predicted octanol–water partition coefficient (Wildman–Crippen LogP) is 0.387. The third-order valence-electron chi connectivity index (χ3n) is 0.424. The largest absolute Gasteiger partial charge is 0.299 e. The van der Waals surface area contributed by atoms with Crippen LogP contribution in [0.5, 0.6) is 0 Å². The molecule has 0 bridgehead atoms. The van der Waals surface area contributed by atoms with Gasteiger partial charge in [0.05, 0.1) is 0 Å². The van der Waals surface area contributed by atoms with Crippen molar-refractivity contribution in [1.29, 1.82) is 0 Å². The Balaban J connectivity index is 3.63. The van der Waals surface area contributed by atoms with Crippen molar-refractivity contribution in [2.45, 2.75) is 0 Å². The standard InChI is InChI=1S/C6Cl2O4/c7-5(9)1-3-11-12-4-2-6(8)10. The Labute approximate surface area is 77.6 Å². The Bertz CT molecular complexity index is 269. The molecular formula is C6Cl2O4. The van der Waals surface area contributed by atoms with Gasteiger partial charge in [0.1, 0.15) is 0 Å². The zero-order valence-electron chi connectivity index (χ0n) is 5.39. The van der Waals surface area contributed by atoms with Crippen LogP contribution >= 0.6 is 23.2 Å². The number of halogens is 2. The van der Waals surface area contributed by atoms with Crippen LogP contribution in [0.1, 0.15) is 0 Å². The lowest BCUT2D eigenvalue weighted by Gasteiger charge is -1.82. The molecule has 0 aromatic rings. The van der Waals surface area contributed by atoms with E-state index in [1.165, 1.54) is 0 Å². The van der Waals surface area contributed by atoms with E-state index in [9.17, 15) is 9.59 Å². The first-order valence-electron chi connectivity index (χ1n) is 2.36. The van der Waals surface area contributed by atoms with Crippen LogP contribution in [0, 0.1) is 24.1 Å². The smallest absolute Gasteiger partial charge is 0.266 e. The Morgan fingerprint density at radius 3 is 1.50 bits per heavy atom. The van der Waals surface area contributed by atoms with Crippen molar-refractivity contribution in [2.75, 3.05) is 0 Å². The Hall–Kier alpha value is -1.36. The molecule has 0 spiro atoms. The summed E-state index contributed by atoms with van der Waals surface area (Å²) in [4.78, 5) is 27.7. The summed E-state index contributed by atoms with van der Waals surface area (Å²) < 4.78 is 0. The fourth-order valence-electron chi connectivity index (χ4n) is 0.164. The van der Waals surface area contributed by atoms with Gasteiger partial charge in [-0.1, -0.05) is 0 Å². The fourth-order valence-corrected chi connectivity index (χ4v) is 0.241. The molecule has 0 atom stereocenters. The third-order valence-corrected chi connectivity index (χ3v) is 0.613. The van der Waals surface area contributed by atoms with E-state index in [0.717, 1.165) is 0 Å². The minimum atomic E-state index is -0.903. The summed E-state index contributed by atoms with van der Waals surface area (Å²) in [5, 5.41) is -1.81. The number of carbonyl (C=O) groups is 2. The lowest BCUT2D eigenvalue weighted by Crippen LogP contribution is -1.83. The molecule has 0 heterocycles. The second-order valence-electron chi connectivity index (χ2n) is 1.17. The van der Waals surface area contributed by atoms with Gasteiger partial charge >= 0.3 is 0 Å². The molecule has 0 unspecified atom stereocenters. The lowest BCUT2D eigenvalue weighted by atomic mass is 10.8. The molecule has 0 aliphatic carbocycles. The maximum absolute atomic E-state index is 9.93. The highest BCUT2D eigenvalue weighted by molar-refractivity contribution is 6.68. The van der Waals surface area contributed by atoms with Crippen molar-refractivity contribution in [3.8, 4) is 24.1 Å². The van der Waals surface area contributed by atoms with Gasteiger partial charge in [-0.3, -0.25) is 9.59 Å². The molecule has 0 rings (SSSR count). The Kier molecular flexibility index (Phi) is 5.64. The third kappa shape index (κ3) is 8.64. The summed E-state index contributed by atoms with van der Waals surface area (Å²) in [6.07, 6.45) is 3.50. The van der Waals surface area contributed by atoms with Gasteiger partial charge in [-0.2, -0.15) is 0 Å². The van der Waals surface area contributed by atoms with Crippen molar-refractivity contribution in [2.24, 2.45) is 0 Å². The molecule has 12 heavy (non-hydrogen) atoms. The van der Waals surface area contributed by atoms with E-state index in [1.54, 1.807) is 24.1 Å². The highest BCUT2D eigenvalue weighted by Crippen LogP contribution is 1.77. The van der Waals surface area contributed by atoms with E-state index < -0.39 is 10.5 Å². The molecule has 0 saturated heterocycles. The number of carbonyl (C=O) groups excluding carboxylic acids is 2. The first-order chi connectivity index (χ1) is 5.63.